The zero-order valence-electron chi connectivity index (χ0n) is 13.6. The Bertz CT molecular complexity index is 947. The van der Waals surface area contributed by atoms with Gasteiger partial charge in [-0.2, -0.15) is 4.98 Å². The first kappa shape index (κ1) is 17.2. The Hall–Kier alpha value is -2.23. The highest BCUT2D eigenvalue weighted by Crippen LogP contribution is 2.49. The fourth-order valence-electron chi connectivity index (χ4n) is 3.23. The van der Waals surface area contributed by atoms with E-state index in [2.05, 4.69) is 25.0 Å². The second-order valence-corrected chi connectivity index (χ2v) is 8.29. The molecular formula is C13H17N8O4P. The lowest BCUT2D eigenvalue weighted by Crippen LogP contribution is -2.25. The molecule has 1 aliphatic heterocycles. The smallest absolute Gasteiger partial charge is 0.354 e. The molecule has 4 rings (SSSR count). The van der Waals surface area contributed by atoms with Crippen LogP contribution in [0.15, 0.2) is 11.4 Å². The van der Waals surface area contributed by atoms with Crippen LogP contribution in [0.25, 0.3) is 21.6 Å². The van der Waals surface area contributed by atoms with Crippen LogP contribution in [0.2, 0.25) is 0 Å². The summed E-state index contributed by atoms with van der Waals surface area (Å²) in [6.45, 7) is 0.178. The molecule has 2 fully saturated rings. The molecule has 0 spiro atoms. The molecule has 0 amide bonds. The standard InChI is InChI=1S/C13H17N8O4P/c14-13-17-10(6-1-2-6)11-12(18-13)21(5-16-11)4-8-7(19-20-15)3-9(25-8)26(22,23)24/h5-9H,1-4H2,(H2,14,17,18)(H2,22,23,24)/t7-,8-,9-/m1/s1. The van der Waals surface area contributed by atoms with E-state index in [1.807, 2.05) is 0 Å². The van der Waals surface area contributed by atoms with Gasteiger partial charge in [0.2, 0.25) is 5.95 Å². The first-order chi connectivity index (χ1) is 12.4. The van der Waals surface area contributed by atoms with E-state index in [0.29, 0.717) is 17.1 Å². The van der Waals surface area contributed by atoms with Gasteiger partial charge < -0.3 is 24.8 Å². The monoisotopic (exact) mass is 380 g/mol. The van der Waals surface area contributed by atoms with Crippen molar-refractivity contribution >= 4 is 24.7 Å². The van der Waals surface area contributed by atoms with Crippen molar-refractivity contribution in [3.8, 4) is 0 Å². The second-order valence-electron chi connectivity index (χ2n) is 6.54. The third-order valence-electron chi connectivity index (χ3n) is 4.63. The molecule has 0 aromatic carbocycles. The average molecular weight is 380 g/mol. The van der Waals surface area contributed by atoms with E-state index in [-0.39, 0.29) is 18.9 Å². The molecule has 1 saturated carbocycles. The van der Waals surface area contributed by atoms with E-state index < -0.39 is 25.6 Å². The van der Waals surface area contributed by atoms with Gasteiger partial charge in [-0.15, -0.1) is 0 Å². The van der Waals surface area contributed by atoms with Gasteiger partial charge in [0.05, 0.1) is 30.7 Å². The minimum Gasteiger partial charge on any atom is -0.368 e. The van der Waals surface area contributed by atoms with Crippen LogP contribution in [-0.4, -0.2) is 47.3 Å². The summed E-state index contributed by atoms with van der Waals surface area (Å²) in [7, 11) is -4.45. The van der Waals surface area contributed by atoms with Gasteiger partial charge in [-0.1, -0.05) is 5.11 Å². The summed E-state index contributed by atoms with van der Waals surface area (Å²) in [4.78, 5) is 34.4. The van der Waals surface area contributed by atoms with Crippen LogP contribution in [-0.2, 0) is 15.8 Å². The van der Waals surface area contributed by atoms with Crippen molar-refractivity contribution in [3.63, 3.8) is 0 Å². The van der Waals surface area contributed by atoms with Crippen LogP contribution in [0.5, 0.6) is 0 Å². The van der Waals surface area contributed by atoms with E-state index in [0.717, 1.165) is 18.5 Å². The van der Waals surface area contributed by atoms with Crippen molar-refractivity contribution in [2.75, 3.05) is 5.73 Å². The molecular weight excluding hydrogens is 363 g/mol. The second kappa shape index (κ2) is 6.19. The summed E-state index contributed by atoms with van der Waals surface area (Å²) in [5.74, 6) is -0.809. The molecule has 26 heavy (non-hydrogen) atoms. The molecule has 3 heterocycles. The minimum absolute atomic E-state index is 0.0456. The molecule has 0 bridgehead atoms. The topological polar surface area (TPSA) is 185 Å². The number of nitrogens with two attached hydrogens (primary N) is 1. The Labute approximate surface area is 147 Å². The van der Waals surface area contributed by atoms with E-state index in [4.69, 9.17) is 16.0 Å². The third kappa shape index (κ3) is 3.13. The highest BCUT2D eigenvalue weighted by molar-refractivity contribution is 7.52. The molecule has 138 valence electrons. The lowest BCUT2D eigenvalue weighted by molar-refractivity contribution is 0.0576. The molecule has 0 radical (unpaired) electrons. The van der Waals surface area contributed by atoms with Crippen LogP contribution in [0.1, 0.15) is 30.9 Å². The number of rotatable bonds is 5. The summed E-state index contributed by atoms with van der Waals surface area (Å²) in [6.07, 6.45) is 2.88. The number of nitrogens with zero attached hydrogens (tertiary/aromatic N) is 7. The van der Waals surface area contributed by atoms with E-state index >= 15 is 0 Å². The van der Waals surface area contributed by atoms with Crippen LogP contribution in [0.4, 0.5) is 5.95 Å². The maximum Gasteiger partial charge on any atom is 0.354 e. The fourth-order valence-corrected chi connectivity index (χ4v) is 4.03. The van der Waals surface area contributed by atoms with Crippen molar-refractivity contribution in [2.24, 2.45) is 5.11 Å². The van der Waals surface area contributed by atoms with E-state index in [1.165, 1.54) is 0 Å². The highest BCUT2D eigenvalue weighted by Gasteiger charge is 2.43. The maximum atomic E-state index is 11.5. The van der Waals surface area contributed by atoms with Gasteiger partial charge in [-0.25, -0.2) is 9.97 Å². The maximum absolute atomic E-state index is 11.5. The van der Waals surface area contributed by atoms with Crippen molar-refractivity contribution in [2.45, 2.75) is 49.7 Å². The number of ether oxygens (including phenoxy) is 1. The van der Waals surface area contributed by atoms with Crippen molar-refractivity contribution in [1.82, 2.24) is 19.5 Å². The molecule has 1 aliphatic carbocycles. The zero-order chi connectivity index (χ0) is 18.5. The molecule has 13 heteroatoms. The Morgan fingerprint density at radius 2 is 2.23 bits per heavy atom. The number of imidazole rings is 1. The first-order valence-electron chi connectivity index (χ1n) is 8.10. The number of anilines is 1. The van der Waals surface area contributed by atoms with Crippen molar-refractivity contribution in [1.29, 1.82) is 0 Å². The number of azide groups is 1. The summed E-state index contributed by atoms with van der Waals surface area (Å²) >= 11 is 0. The molecule has 3 atom stereocenters. The van der Waals surface area contributed by atoms with Crippen LogP contribution >= 0.6 is 7.60 Å². The minimum atomic E-state index is -4.45. The van der Waals surface area contributed by atoms with E-state index in [1.54, 1.807) is 10.9 Å². The Balaban J connectivity index is 1.66. The van der Waals surface area contributed by atoms with Crippen molar-refractivity contribution in [3.05, 3.63) is 22.5 Å². The highest BCUT2D eigenvalue weighted by atomic mass is 31.2. The molecule has 2 aliphatic rings. The Kier molecular flexibility index (Phi) is 4.09. The lowest BCUT2D eigenvalue weighted by atomic mass is 10.1. The van der Waals surface area contributed by atoms with Gasteiger partial charge >= 0.3 is 7.60 Å². The molecule has 1 saturated heterocycles. The summed E-state index contributed by atoms with van der Waals surface area (Å²) < 4.78 is 18.7. The van der Waals surface area contributed by atoms with Gasteiger partial charge in [0.15, 0.2) is 11.5 Å². The number of nitrogen functional groups attached to an aromatic ring is 1. The lowest BCUT2D eigenvalue weighted by Gasteiger charge is -2.16. The Morgan fingerprint density at radius 3 is 2.88 bits per heavy atom. The normalized spacial score (nSPS) is 26.2. The van der Waals surface area contributed by atoms with Crippen molar-refractivity contribution < 1.29 is 19.1 Å². The summed E-state index contributed by atoms with van der Waals surface area (Å²) in [6, 6.07) is -0.697. The predicted octanol–water partition coefficient (Wildman–Crippen LogP) is 1.26. The van der Waals surface area contributed by atoms with Gasteiger partial charge in [0, 0.05) is 10.8 Å². The predicted molar refractivity (Wildman–Crippen MR) is 90.0 cm³/mol. The number of hydrogen-bond acceptors (Lipinski definition) is 7. The largest absolute Gasteiger partial charge is 0.368 e. The van der Waals surface area contributed by atoms with Crippen LogP contribution in [0, 0.1) is 0 Å². The number of aromatic nitrogens is 4. The Morgan fingerprint density at radius 1 is 1.46 bits per heavy atom. The first-order valence-corrected chi connectivity index (χ1v) is 9.78. The third-order valence-corrected chi connectivity index (χ3v) is 5.71. The molecule has 12 nitrogen and oxygen atoms in total. The molecule has 4 N–H and O–H groups in total. The van der Waals surface area contributed by atoms with Crippen LogP contribution in [0.3, 0.4) is 0 Å². The van der Waals surface area contributed by atoms with Gasteiger partial charge in [-0.3, -0.25) is 4.57 Å². The van der Waals surface area contributed by atoms with Gasteiger partial charge in [0.1, 0.15) is 5.52 Å². The quantitative estimate of drug-likeness (QED) is 0.299. The summed E-state index contributed by atoms with van der Waals surface area (Å²) in [5.41, 5.74) is 16.5. The molecule has 2 aromatic heterocycles. The fraction of sp³-hybridized carbons (Fsp3) is 0.615. The number of fused-ring (bicyclic) bond motifs is 1. The van der Waals surface area contributed by atoms with Gasteiger partial charge in [-0.05, 0) is 24.8 Å². The average Bonchev–Trinajstić information content (AvgIpc) is 3.22. The zero-order valence-corrected chi connectivity index (χ0v) is 14.5. The summed E-state index contributed by atoms with van der Waals surface area (Å²) in [5, 5.41) is 3.62. The number of hydrogen-bond donors (Lipinski definition) is 3. The molecule has 2 aromatic rings. The van der Waals surface area contributed by atoms with E-state index in [9.17, 15) is 14.4 Å². The molecule has 0 unspecified atom stereocenters. The van der Waals surface area contributed by atoms with Gasteiger partial charge in [0.25, 0.3) is 0 Å². The SMILES string of the molecule is [N-]=[N+]=N[C@@H]1C[C@@H](P(=O)(O)O)O[C@@H]1Cn1cnc2c(C3CC3)nc(N)nc21. The van der Waals surface area contributed by atoms with Crippen LogP contribution < -0.4 is 5.73 Å².